The zero-order valence-electron chi connectivity index (χ0n) is 77.8. The molecule has 0 aliphatic carbocycles. The van der Waals surface area contributed by atoms with Gasteiger partial charge in [-0.1, -0.05) is 66.7 Å². The molecule has 0 spiro atoms. The number of hydrogen-bond donors (Lipinski definition) is 12. The molecule has 706 valence electrons. The molecule has 9 aromatic heterocycles. The average Bonchev–Trinajstić information content (AvgIpc) is 0.832. The van der Waals surface area contributed by atoms with Crippen molar-refractivity contribution in [2.75, 3.05) is 155 Å². The molecule has 5 fully saturated rings. The third-order valence-electron chi connectivity index (χ3n) is 25.1. The van der Waals surface area contributed by atoms with Gasteiger partial charge in [-0.15, -0.1) is 0 Å². The lowest BCUT2D eigenvalue weighted by Gasteiger charge is -2.31. The maximum Gasteiger partial charge on any atom is 0.140 e. The van der Waals surface area contributed by atoms with Crippen molar-refractivity contribution in [1.82, 2.24) is 69.8 Å². The number of hydrogen-bond acceptors (Lipinski definition) is 30. The molecular weight excluding hydrogens is 1710 g/mol. The van der Waals surface area contributed by atoms with Crippen LogP contribution in [0.1, 0.15) is 92.0 Å². The molecule has 0 amide bonds. The van der Waals surface area contributed by atoms with E-state index in [4.69, 9.17) is 57.5 Å². The van der Waals surface area contributed by atoms with Crippen molar-refractivity contribution < 1.29 is 28.8 Å². The van der Waals surface area contributed by atoms with Gasteiger partial charge in [0, 0.05) is 198 Å². The first-order valence-corrected chi connectivity index (χ1v) is 47.2. The Balaban J connectivity index is 0.000000123. The topological polar surface area (TPSA) is 398 Å². The van der Waals surface area contributed by atoms with Gasteiger partial charge in [-0.3, -0.25) is 4.98 Å². The number of benzene rings is 6. The van der Waals surface area contributed by atoms with E-state index in [1.807, 2.05) is 128 Å². The number of β-amino-alcohol motifs (C(OH)–C–C–N with tert-alkyl or cyclic N) is 1. The van der Waals surface area contributed by atoms with Crippen LogP contribution < -0.4 is 84.3 Å². The fraction of sp³-hybridized carbons (Fsp3) is 0.330. The zero-order valence-corrected chi connectivity index (χ0v) is 77.8. The lowest BCUT2D eigenvalue weighted by molar-refractivity contribution is 0.0889. The van der Waals surface area contributed by atoms with Crippen LogP contribution >= 0.6 is 0 Å². The predicted octanol–water partition coefficient (Wildman–Crippen LogP) is 16.1. The van der Waals surface area contributed by atoms with E-state index in [2.05, 4.69) is 184 Å². The highest BCUT2D eigenvalue weighted by atomic mass is 16.5. The third kappa shape index (κ3) is 27.7. The van der Waals surface area contributed by atoms with Gasteiger partial charge >= 0.3 is 0 Å². The quantitative estimate of drug-likeness (QED) is 0.0227. The minimum Gasteiger partial charge on any atom is -0.490 e. The van der Waals surface area contributed by atoms with Crippen molar-refractivity contribution in [3.63, 3.8) is 0 Å². The number of aliphatic hydroxyl groups excluding tert-OH is 1. The van der Waals surface area contributed by atoms with Crippen LogP contribution in [0.3, 0.4) is 0 Å². The second-order valence-electron chi connectivity index (χ2n) is 35.4. The molecule has 20 rings (SSSR count). The summed E-state index contributed by atoms with van der Waals surface area (Å²) in [5.74, 6) is 9.55. The SMILES string of the molecule is CN1CCC(Oc2cccc(NCc3ccc4c(N)nccc4c3)c2)CC1.CN1CCC(Oc2cncc(NCc3ccc4c(N)nccc4c3)c2)CC1.CN1CCCC(Oc2ccnc(NCc3ccc4c(N)nccc4c3)c2)C1.Nc1nccc2cc(CNc3cc(OC4CCN(CCO)CC4)ccn3)ccc12.Nc1nccc2cc(CNc3cc(OC4CCNCC4)ccn3)ccc12. The molecule has 136 heavy (non-hydrogen) atoms. The van der Waals surface area contributed by atoms with Crippen LogP contribution in [-0.4, -0.2) is 200 Å². The van der Waals surface area contributed by atoms with E-state index in [-0.39, 0.29) is 31.0 Å². The summed E-state index contributed by atoms with van der Waals surface area (Å²) in [4.78, 5) is 47.4. The lowest BCUT2D eigenvalue weighted by atomic mass is 10.1. The second-order valence-corrected chi connectivity index (χ2v) is 35.4. The monoisotopic (exact) mass is 1830 g/mol. The Morgan fingerprint density at radius 3 is 1.05 bits per heavy atom. The molecule has 0 saturated carbocycles. The molecule has 0 radical (unpaired) electrons. The highest BCUT2D eigenvalue weighted by Crippen LogP contribution is 2.32. The second kappa shape index (κ2) is 47.6. The van der Waals surface area contributed by atoms with Crippen molar-refractivity contribution in [3.05, 3.63) is 278 Å². The van der Waals surface area contributed by atoms with Crippen molar-refractivity contribution in [2.24, 2.45) is 0 Å². The minimum atomic E-state index is 0.208. The number of nitrogen functional groups attached to an aromatic ring is 5. The van der Waals surface area contributed by atoms with Crippen LogP contribution in [0.2, 0.25) is 0 Å². The summed E-state index contributed by atoms with van der Waals surface area (Å²) in [5, 5.41) is 39.8. The number of aliphatic hydroxyl groups is 1. The lowest BCUT2D eigenvalue weighted by Crippen LogP contribution is -2.39. The largest absolute Gasteiger partial charge is 0.490 e. The summed E-state index contributed by atoms with van der Waals surface area (Å²) in [6, 6.07) is 62.8. The van der Waals surface area contributed by atoms with Gasteiger partial charge in [0.1, 0.15) is 106 Å². The Morgan fingerprint density at radius 2 is 0.662 bits per heavy atom. The van der Waals surface area contributed by atoms with E-state index in [1.165, 1.54) is 17.5 Å². The number of likely N-dealkylation sites (tertiary alicyclic amines) is 4. The summed E-state index contributed by atoms with van der Waals surface area (Å²) in [6.07, 6.45) is 29.6. The summed E-state index contributed by atoms with van der Waals surface area (Å²) >= 11 is 0. The molecule has 5 saturated heterocycles. The normalized spacial score (nSPS) is 16.0. The molecule has 1 unspecified atom stereocenters. The van der Waals surface area contributed by atoms with Crippen LogP contribution in [0.15, 0.2) is 250 Å². The van der Waals surface area contributed by atoms with Crippen molar-refractivity contribution in [1.29, 1.82) is 0 Å². The third-order valence-corrected chi connectivity index (χ3v) is 25.1. The molecule has 6 aromatic carbocycles. The number of anilines is 10. The Kier molecular flexibility index (Phi) is 33.2. The van der Waals surface area contributed by atoms with E-state index in [0.29, 0.717) is 61.4 Å². The molecular formula is C106H126N24O6. The number of rotatable bonds is 27. The van der Waals surface area contributed by atoms with Gasteiger partial charge in [-0.05, 0) is 251 Å². The van der Waals surface area contributed by atoms with Crippen LogP contribution in [0.5, 0.6) is 28.7 Å². The molecule has 15 aromatic rings. The molecule has 14 heterocycles. The molecule has 5 aliphatic rings. The maximum absolute atomic E-state index is 9.05. The molecule has 30 nitrogen and oxygen atoms in total. The first-order valence-electron chi connectivity index (χ1n) is 47.2. The fourth-order valence-electron chi connectivity index (χ4n) is 17.5. The van der Waals surface area contributed by atoms with E-state index < -0.39 is 0 Å². The van der Waals surface area contributed by atoms with Crippen molar-refractivity contribution in [3.8, 4) is 28.7 Å². The number of fused-ring (bicyclic) bond motifs is 5. The van der Waals surface area contributed by atoms with Crippen molar-refractivity contribution in [2.45, 2.75) is 127 Å². The summed E-state index contributed by atoms with van der Waals surface area (Å²) in [6.45, 7) is 14.9. The van der Waals surface area contributed by atoms with Crippen molar-refractivity contribution >= 4 is 112 Å². The average molecular weight is 1830 g/mol. The fourth-order valence-corrected chi connectivity index (χ4v) is 17.5. The molecule has 1 atom stereocenters. The number of likely N-dealkylation sites (N-methyl/N-ethyl adjacent to an activating group) is 1. The maximum atomic E-state index is 9.05. The Morgan fingerprint density at radius 1 is 0.324 bits per heavy atom. The number of piperidine rings is 5. The highest BCUT2D eigenvalue weighted by Gasteiger charge is 2.25. The Bertz CT molecular complexity index is 6240. The Labute approximate surface area is 794 Å². The number of nitrogens with one attached hydrogen (secondary N) is 6. The molecule has 30 heteroatoms. The van der Waals surface area contributed by atoms with Gasteiger partial charge in [-0.25, -0.2) is 39.9 Å². The number of ether oxygens (including phenoxy) is 5. The molecule has 17 N–H and O–H groups in total. The Hall–Kier alpha value is -14.3. The number of aromatic nitrogens is 9. The minimum absolute atomic E-state index is 0.208. The van der Waals surface area contributed by atoms with E-state index in [1.54, 1.807) is 55.8 Å². The summed E-state index contributed by atoms with van der Waals surface area (Å²) in [5.41, 5.74) is 37.5. The van der Waals surface area contributed by atoms with Gasteiger partial charge < -0.3 is 109 Å². The first-order chi connectivity index (χ1) is 66.5. The van der Waals surface area contributed by atoms with Crippen LogP contribution in [0.25, 0.3) is 53.9 Å². The van der Waals surface area contributed by atoms with Gasteiger partial charge in [0.25, 0.3) is 0 Å². The number of pyridine rings is 9. The predicted molar refractivity (Wildman–Crippen MR) is 548 cm³/mol. The number of nitrogens with two attached hydrogens (primary N) is 5. The van der Waals surface area contributed by atoms with Gasteiger partial charge in [0.2, 0.25) is 0 Å². The smallest absolute Gasteiger partial charge is 0.140 e. The van der Waals surface area contributed by atoms with Gasteiger partial charge in [0.05, 0.1) is 24.7 Å². The summed E-state index contributed by atoms with van der Waals surface area (Å²) < 4.78 is 30.7. The van der Waals surface area contributed by atoms with Crippen LogP contribution in [-0.2, 0) is 32.7 Å². The van der Waals surface area contributed by atoms with E-state index >= 15 is 0 Å². The van der Waals surface area contributed by atoms with Gasteiger partial charge in [-0.2, -0.15) is 0 Å². The molecule has 0 bridgehead atoms. The molecule has 5 aliphatic heterocycles. The number of nitrogens with zero attached hydrogens (tertiary/aromatic N) is 13. The standard InChI is InChI=1S/C22H27N5O2.C22H26N4O.2C21H25N5O.C20H23N5O/c23-22-20-2-1-16(13-17(20)3-7-25-22)15-26-21-14-19(4-8-24-21)29-18-5-9-27(10-6-18)11-12-28;1-26-11-8-19(9-12-26)27-20-4-2-3-18(14-20)25-15-16-5-6-21-17(13-16)7-10-24-22(21)23;1-26-8-5-18(6-9-26)27-19-11-17(13-23-14-19)25-12-15-2-3-20-16(10-15)4-7-24-21(20)22;1-26-10-2-3-18(14-26)27-17-7-9-23-20(12-17)25-13-15-4-5-19-16(11-15)6-8-24-21(19)22;21-20-18-2-1-14(11-15(18)3-9-24-20)13-25-19-12-17(6-10-23-19)26-16-4-7-22-8-5-16/h1-4,7-8,13-14,18,28H,5-6,9-12,15H2,(H2,23,25)(H,24,26);2-7,10,13-14,19,25H,8-9,11-12,15H2,1H3,(H2,23,24);2-4,7,10-11,13-14,18,25H,5-6,8-9,12H2,1H3,(H2,22,24);4-9,11-12,18H,2-3,10,13-14H2,1H3,(H2,22,24)(H,23,25);1-3,6,9-12,16,22H,4-5,7-8,13H2,(H2,21,24)(H,23,25). The van der Waals surface area contributed by atoms with Crippen LogP contribution in [0, 0.1) is 0 Å². The zero-order chi connectivity index (χ0) is 93.7. The summed E-state index contributed by atoms with van der Waals surface area (Å²) in [7, 11) is 6.46. The van der Waals surface area contributed by atoms with Gasteiger partial charge in [0.15, 0.2) is 0 Å². The first kappa shape index (κ1) is 94.9. The van der Waals surface area contributed by atoms with E-state index in [9.17, 15) is 0 Å². The van der Waals surface area contributed by atoms with E-state index in [0.717, 1.165) is 264 Å². The highest BCUT2D eigenvalue weighted by molar-refractivity contribution is 5.94. The van der Waals surface area contributed by atoms with Crippen LogP contribution in [0.4, 0.5) is 57.9 Å².